The van der Waals surface area contributed by atoms with E-state index in [4.69, 9.17) is 0 Å². The average molecular weight is 359 g/mol. The number of piperidine rings is 1. The smallest absolute Gasteiger partial charge is 0.218 e. The average Bonchev–Trinajstić information content (AvgIpc) is 3.29. The number of rotatable bonds is 6. The number of halogens is 1. The first-order valence-corrected chi connectivity index (χ1v) is 9.90. The van der Waals surface area contributed by atoms with Crippen molar-refractivity contribution in [1.29, 1.82) is 0 Å². The fraction of sp³-hybridized carbons (Fsp3) is 0.647. The molecule has 1 aliphatic heterocycles. The molecule has 0 spiro atoms. The largest absolute Gasteiger partial charge is 0.314 e. The third kappa shape index (κ3) is 5.45. The van der Waals surface area contributed by atoms with Gasteiger partial charge in [0.2, 0.25) is 10.0 Å². The van der Waals surface area contributed by atoms with Crippen molar-refractivity contribution in [3.05, 3.63) is 35.4 Å². The summed E-state index contributed by atoms with van der Waals surface area (Å²) in [6.45, 7) is 4.40. The lowest BCUT2D eigenvalue weighted by molar-refractivity contribution is 0.287. The predicted octanol–water partition coefficient (Wildman–Crippen LogP) is 2.71. The molecular weight excluding hydrogens is 332 g/mol. The van der Waals surface area contributed by atoms with Crippen molar-refractivity contribution in [1.82, 2.24) is 9.62 Å². The van der Waals surface area contributed by atoms with Crippen LogP contribution in [-0.2, 0) is 15.8 Å². The van der Waals surface area contributed by atoms with Crippen molar-refractivity contribution in [2.45, 2.75) is 44.4 Å². The van der Waals surface area contributed by atoms with Crippen LogP contribution in [-0.4, -0.2) is 38.4 Å². The van der Waals surface area contributed by atoms with Crippen LogP contribution in [0.2, 0.25) is 0 Å². The van der Waals surface area contributed by atoms with Gasteiger partial charge in [-0.2, -0.15) is 0 Å². The van der Waals surface area contributed by atoms with Gasteiger partial charge in [0, 0.05) is 19.1 Å². The number of benzene rings is 1. The van der Waals surface area contributed by atoms with Gasteiger partial charge >= 0.3 is 0 Å². The summed E-state index contributed by atoms with van der Waals surface area (Å²) in [6.07, 6.45) is 4.58. The Labute approximate surface area is 146 Å². The molecule has 0 aromatic heterocycles. The Hall–Kier alpha value is -0.620. The van der Waals surface area contributed by atoms with Gasteiger partial charge in [0.15, 0.2) is 0 Å². The van der Waals surface area contributed by atoms with Gasteiger partial charge in [-0.3, -0.25) is 0 Å². The Morgan fingerprint density at radius 2 is 1.87 bits per heavy atom. The summed E-state index contributed by atoms with van der Waals surface area (Å²) in [5.74, 6) is 0.998. The lowest BCUT2D eigenvalue weighted by Crippen LogP contribution is -2.45. The lowest BCUT2D eigenvalue weighted by Gasteiger charge is -2.31. The van der Waals surface area contributed by atoms with Crippen LogP contribution in [0, 0.1) is 12.8 Å². The van der Waals surface area contributed by atoms with E-state index in [9.17, 15) is 8.42 Å². The first-order valence-electron chi connectivity index (χ1n) is 8.30. The second-order valence-corrected chi connectivity index (χ2v) is 8.74. The van der Waals surface area contributed by atoms with Crippen molar-refractivity contribution in [2.75, 3.05) is 19.6 Å². The molecule has 1 heterocycles. The number of hydrogen-bond donors (Lipinski definition) is 1. The van der Waals surface area contributed by atoms with E-state index in [-0.39, 0.29) is 18.2 Å². The number of aryl methyl sites for hydroxylation is 1. The molecule has 130 valence electrons. The van der Waals surface area contributed by atoms with Crippen LogP contribution >= 0.6 is 12.4 Å². The van der Waals surface area contributed by atoms with Crippen LogP contribution in [0.4, 0.5) is 0 Å². The second kappa shape index (κ2) is 7.97. The van der Waals surface area contributed by atoms with Gasteiger partial charge in [0.25, 0.3) is 0 Å². The molecule has 0 radical (unpaired) electrons. The Balaban J connectivity index is 0.00000192. The first kappa shape index (κ1) is 18.7. The quantitative estimate of drug-likeness (QED) is 0.850. The van der Waals surface area contributed by atoms with E-state index in [0.717, 1.165) is 36.4 Å². The van der Waals surface area contributed by atoms with E-state index in [2.05, 4.69) is 5.32 Å². The molecule has 23 heavy (non-hydrogen) atoms. The standard InChI is InChI=1S/C17H26N2O2S.ClH/c1-14-3-2-4-16(11-14)13-22(20,21)19-9-7-17(8-10-19)18-12-15-5-6-15;/h2-4,11,15,17-18H,5-10,12-13H2,1H3;1H. The highest BCUT2D eigenvalue weighted by Gasteiger charge is 2.29. The van der Waals surface area contributed by atoms with Crippen molar-refractivity contribution in [3.63, 3.8) is 0 Å². The number of hydrogen-bond acceptors (Lipinski definition) is 3. The summed E-state index contributed by atoms with van der Waals surface area (Å²) in [5.41, 5.74) is 1.99. The van der Waals surface area contributed by atoms with Crippen LogP contribution in [0.5, 0.6) is 0 Å². The number of sulfonamides is 1. The van der Waals surface area contributed by atoms with E-state index in [1.54, 1.807) is 4.31 Å². The van der Waals surface area contributed by atoms with Gasteiger partial charge in [0.05, 0.1) is 5.75 Å². The fourth-order valence-electron chi connectivity index (χ4n) is 3.10. The van der Waals surface area contributed by atoms with Gasteiger partial charge in [-0.05, 0) is 50.6 Å². The molecule has 0 amide bonds. The minimum atomic E-state index is -3.19. The van der Waals surface area contributed by atoms with Gasteiger partial charge in [-0.15, -0.1) is 12.4 Å². The normalized spacial score (nSPS) is 20.2. The van der Waals surface area contributed by atoms with Gasteiger partial charge < -0.3 is 5.32 Å². The molecule has 4 nitrogen and oxygen atoms in total. The molecule has 0 bridgehead atoms. The number of nitrogens with zero attached hydrogens (tertiary/aromatic N) is 1. The summed E-state index contributed by atoms with van der Waals surface area (Å²) in [5, 5.41) is 3.59. The Kier molecular flexibility index (Phi) is 6.48. The number of nitrogens with one attached hydrogen (secondary N) is 1. The molecule has 2 fully saturated rings. The summed E-state index contributed by atoms with van der Waals surface area (Å²) in [7, 11) is -3.19. The van der Waals surface area contributed by atoms with Crippen molar-refractivity contribution < 1.29 is 8.42 Å². The highest BCUT2D eigenvalue weighted by atomic mass is 35.5. The predicted molar refractivity (Wildman–Crippen MR) is 96.4 cm³/mol. The monoisotopic (exact) mass is 358 g/mol. The van der Waals surface area contributed by atoms with E-state index in [1.165, 1.54) is 12.8 Å². The maximum Gasteiger partial charge on any atom is 0.218 e. The Morgan fingerprint density at radius 1 is 1.17 bits per heavy atom. The Morgan fingerprint density at radius 3 is 2.48 bits per heavy atom. The van der Waals surface area contributed by atoms with Crippen LogP contribution < -0.4 is 5.32 Å². The maximum absolute atomic E-state index is 12.6. The summed E-state index contributed by atoms with van der Waals surface area (Å²) < 4.78 is 26.8. The molecule has 6 heteroatoms. The van der Waals surface area contributed by atoms with Crippen LogP contribution in [0.1, 0.15) is 36.8 Å². The Bertz CT molecular complexity index is 609. The van der Waals surface area contributed by atoms with E-state index in [1.807, 2.05) is 31.2 Å². The highest BCUT2D eigenvalue weighted by Crippen LogP contribution is 2.28. The minimum absolute atomic E-state index is 0. The van der Waals surface area contributed by atoms with Crippen LogP contribution in [0.3, 0.4) is 0 Å². The van der Waals surface area contributed by atoms with Gasteiger partial charge in [-0.1, -0.05) is 29.8 Å². The molecule has 1 aromatic carbocycles. The first-order chi connectivity index (χ1) is 10.5. The summed E-state index contributed by atoms with van der Waals surface area (Å²) >= 11 is 0. The van der Waals surface area contributed by atoms with Crippen molar-refractivity contribution >= 4 is 22.4 Å². The third-order valence-corrected chi connectivity index (χ3v) is 6.52. The SMILES string of the molecule is Cc1cccc(CS(=O)(=O)N2CCC(NCC3CC3)CC2)c1.Cl. The zero-order valence-corrected chi connectivity index (χ0v) is 15.3. The summed E-state index contributed by atoms with van der Waals surface area (Å²) in [4.78, 5) is 0. The molecule has 1 aliphatic carbocycles. The molecule has 1 saturated heterocycles. The second-order valence-electron chi connectivity index (χ2n) is 6.77. The van der Waals surface area contributed by atoms with E-state index < -0.39 is 10.0 Å². The molecule has 3 rings (SSSR count). The molecule has 0 unspecified atom stereocenters. The molecule has 0 atom stereocenters. The van der Waals surface area contributed by atoms with Crippen molar-refractivity contribution in [2.24, 2.45) is 5.92 Å². The lowest BCUT2D eigenvalue weighted by atomic mass is 10.1. The molecule has 1 aromatic rings. The molecule has 1 saturated carbocycles. The molecule has 1 N–H and O–H groups in total. The van der Waals surface area contributed by atoms with Gasteiger partial charge in [-0.25, -0.2) is 12.7 Å². The van der Waals surface area contributed by atoms with Gasteiger partial charge in [0.1, 0.15) is 0 Å². The van der Waals surface area contributed by atoms with E-state index in [0.29, 0.717) is 19.1 Å². The van der Waals surface area contributed by atoms with Crippen molar-refractivity contribution in [3.8, 4) is 0 Å². The maximum atomic E-state index is 12.6. The zero-order valence-electron chi connectivity index (χ0n) is 13.7. The highest BCUT2D eigenvalue weighted by molar-refractivity contribution is 7.88. The topological polar surface area (TPSA) is 49.4 Å². The van der Waals surface area contributed by atoms with Crippen LogP contribution in [0.25, 0.3) is 0 Å². The van der Waals surface area contributed by atoms with Crippen LogP contribution in [0.15, 0.2) is 24.3 Å². The zero-order chi connectivity index (χ0) is 15.6. The summed E-state index contributed by atoms with van der Waals surface area (Å²) in [6, 6.07) is 8.27. The molecular formula is C17H27ClN2O2S. The van der Waals surface area contributed by atoms with E-state index >= 15 is 0 Å². The third-order valence-electron chi connectivity index (χ3n) is 4.67. The molecule has 2 aliphatic rings. The minimum Gasteiger partial charge on any atom is -0.314 e. The fourth-order valence-corrected chi connectivity index (χ4v) is 4.65.